The third-order valence-corrected chi connectivity index (χ3v) is 4.34. The van der Waals surface area contributed by atoms with E-state index in [0.29, 0.717) is 0 Å². The zero-order chi connectivity index (χ0) is 13.1. The van der Waals surface area contributed by atoms with E-state index >= 15 is 0 Å². The van der Waals surface area contributed by atoms with Crippen LogP contribution >= 0.6 is 0 Å². The average Bonchev–Trinajstić information content (AvgIpc) is 2.64. The van der Waals surface area contributed by atoms with Gasteiger partial charge in [-0.25, -0.2) is 0 Å². The molecule has 98 valence electrons. The van der Waals surface area contributed by atoms with Crippen molar-refractivity contribution in [2.24, 2.45) is 5.41 Å². The highest BCUT2D eigenvalue weighted by Gasteiger charge is 2.91. The minimum atomic E-state index is -1.59. The Morgan fingerprint density at radius 2 is 1.94 bits per heavy atom. The van der Waals surface area contributed by atoms with Crippen LogP contribution in [-0.4, -0.2) is 51.6 Å². The van der Waals surface area contributed by atoms with E-state index < -0.39 is 35.1 Å². The lowest BCUT2D eigenvalue weighted by molar-refractivity contribution is -0.291. The number of fused-ring (bicyclic) bond motifs is 1. The summed E-state index contributed by atoms with van der Waals surface area (Å²) in [5, 5.41) is 31.0. The molecule has 5 nitrogen and oxygen atoms in total. The maximum Gasteiger partial charge on any atom is 0.190 e. The van der Waals surface area contributed by atoms with Crippen molar-refractivity contribution in [3.05, 3.63) is 12.7 Å². The molecular weight excluding hydrogens is 224 g/mol. The average molecular weight is 244 g/mol. The molecule has 2 aliphatic rings. The van der Waals surface area contributed by atoms with Crippen LogP contribution in [0.15, 0.2) is 12.7 Å². The number of hydrogen-bond acceptors (Lipinski definition) is 5. The van der Waals surface area contributed by atoms with E-state index in [1.165, 1.54) is 6.08 Å². The molecule has 5 atom stereocenters. The van der Waals surface area contributed by atoms with E-state index in [4.69, 9.17) is 9.47 Å². The summed E-state index contributed by atoms with van der Waals surface area (Å²) in [5.74, 6) is 0. The molecule has 0 aromatic carbocycles. The topological polar surface area (TPSA) is 79.2 Å². The second kappa shape index (κ2) is 3.52. The van der Waals surface area contributed by atoms with Crippen molar-refractivity contribution >= 4 is 0 Å². The van der Waals surface area contributed by atoms with Gasteiger partial charge < -0.3 is 24.8 Å². The molecule has 1 heterocycles. The van der Waals surface area contributed by atoms with Crippen molar-refractivity contribution < 1.29 is 24.8 Å². The summed E-state index contributed by atoms with van der Waals surface area (Å²) >= 11 is 0. The third-order valence-electron chi connectivity index (χ3n) is 4.34. The Balaban J connectivity index is 2.31. The lowest BCUT2D eigenvalue weighted by Gasteiger charge is -2.38. The molecule has 0 amide bonds. The Morgan fingerprint density at radius 3 is 2.47 bits per heavy atom. The maximum atomic E-state index is 10.5. The van der Waals surface area contributed by atoms with Crippen molar-refractivity contribution in [1.82, 2.24) is 0 Å². The molecular formula is C12H20O5. The summed E-state index contributed by atoms with van der Waals surface area (Å²) in [6.45, 7) is 8.73. The Labute approximate surface area is 101 Å². The molecule has 0 radical (unpaired) electrons. The smallest absolute Gasteiger partial charge is 0.190 e. The first-order chi connectivity index (χ1) is 7.75. The van der Waals surface area contributed by atoms with Crippen LogP contribution in [-0.2, 0) is 9.47 Å². The first-order valence-electron chi connectivity index (χ1n) is 5.76. The zero-order valence-corrected chi connectivity index (χ0v) is 10.4. The summed E-state index contributed by atoms with van der Waals surface area (Å²) in [4.78, 5) is 0. The highest BCUT2D eigenvalue weighted by molar-refractivity contribution is 5.38. The molecule has 0 aromatic rings. The van der Waals surface area contributed by atoms with Crippen LogP contribution in [0.1, 0.15) is 20.8 Å². The minimum Gasteiger partial charge on any atom is -0.387 e. The number of aliphatic hydroxyl groups excluding tert-OH is 1. The van der Waals surface area contributed by atoms with Crippen LogP contribution in [0.3, 0.4) is 0 Å². The van der Waals surface area contributed by atoms with Crippen molar-refractivity contribution in [3.8, 4) is 0 Å². The van der Waals surface area contributed by atoms with Gasteiger partial charge in [-0.1, -0.05) is 19.9 Å². The number of hydrogen-bond donors (Lipinski definition) is 3. The van der Waals surface area contributed by atoms with Gasteiger partial charge in [-0.15, -0.1) is 6.58 Å². The van der Waals surface area contributed by atoms with Gasteiger partial charge in [0.2, 0.25) is 0 Å². The molecule has 0 aromatic heterocycles. The van der Waals surface area contributed by atoms with Crippen molar-refractivity contribution in [3.63, 3.8) is 0 Å². The largest absolute Gasteiger partial charge is 0.387 e. The number of rotatable bonds is 3. The predicted octanol–water partition coefficient (Wildman–Crippen LogP) is -0.203. The van der Waals surface area contributed by atoms with E-state index in [0.717, 1.165) is 0 Å². The van der Waals surface area contributed by atoms with Crippen molar-refractivity contribution in [1.29, 1.82) is 0 Å². The van der Waals surface area contributed by atoms with Gasteiger partial charge in [-0.05, 0) is 6.92 Å². The van der Waals surface area contributed by atoms with Gasteiger partial charge in [0.05, 0.1) is 12.7 Å². The van der Waals surface area contributed by atoms with E-state index in [-0.39, 0.29) is 6.61 Å². The molecule has 2 rings (SSSR count). The lowest BCUT2D eigenvalue weighted by atomic mass is 9.98. The molecule has 5 heteroatoms. The van der Waals surface area contributed by atoms with Crippen molar-refractivity contribution in [2.45, 2.75) is 50.5 Å². The monoisotopic (exact) mass is 244 g/mol. The summed E-state index contributed by atoms with van der Waals surface area (Å²) in [7, 11) is 0. The fourth-order valence-corrected chi connectivity index (χ4v) is 2.99. The Hall–Kier alpha value is -0.460. The fraction of sp³-hybridized carbons (Fsp3) is 0.833. The number of ether oxygens (including phenoxy) is 2. The second-order valence-corrected chi connectivity index (χ2v) is 5.40. The van der Waals surface area contributed by atoms with Crippen LogP contribution in [0.4, 0.5) is 0 Å². The van der Waals surface area contributed by atoms with Crippen LogP contribution in [0.5, 0.6) is 0 Å². The molecule has 0 unspecified atom stereocenters. The Kier molecular flexibility index (Phi) is 2.69. The number of aliphatic hydroxyl groups is 3. The molecule has 1 saturated heterocycles. The molecule has 3 N–H and O–H groups in total. The summed E-state index contributed by atoms with van der Waals surface area (Å²) in [6.07, 6.45) is -1.15. The van der Waals surface area contributed by atoms with Gasteiger partial charge in [-0.3, -0.25) is 0 Å². The molecule has 2 fully saturated rings. The van der Waals surface area contributed by atoms with Crippen LogP contribution in [0.25, 0.3) is 0 Å². The van der Waals surface area contributed by atoms with E-state index in [1.54, 1.807) is 20.8 Å². The SMILES string of the molecule is C=CCO[C@@H]1O[C@@H](C)[C@H](O)[C@]2(O)C(C)(C)[C@]12O. The first-order valence-corrected chi connectivity index (χ1v) is 5.76. The van der Waals surface area contributed by atoms with E-state index in [9.17, 15) is 15.3 Å². The first kappa shape index (κ1) is 13.0. The van der Waals surface area contributed by atoms with Gasteiger partial charge in [0, 0.05) is 5.41 Å². The summed E-state index contributed by atoms with van der Waals surface area (Å²) in [5.41, 5.74) is -4.06. The van der Waals surface area contributed by atoms with Gasteiger partial charge >= 0.3 is 0 Å². The quantitative estimate of drug-likeness (QED) is 0.599. The molecule has 1 aliphatic heterocycles. The van der Waals surface area contributed by atoms with Gasteiger partial charge in [0.1, 0.15) is 11.7 Å². The standard InChI is InChI=1S/C12H20O5/c1-5-6-16-9-12(15)10(3,4)11(12,14)8(13)7(2)17-9/h5,7-9,13-15H,1,6H2,2-4H3/t7-,8-,9+,11-,12+/m0/s1. The van der Waals surface area contributed by atoms with Gasteiger partial charge in [0.15, 0.2) is 11.9 Å². The molecule has 1 saturated carbocycles. The van der Waals surface area contributed by atoms with E-state index in [1.807, 2.05) is 0 Å². The Morgan fingerprint density at radius 1 is 1.35 bits per heavy atom. The van der Waals surface area contributed by atoms with E-state index in [2.05, 4.69) is 6.58 Å². The molecule has 0 bridgehead atoms. The van der Waals surface area contributed by atoms with Crippen LogP contribution in [0.2, 0.25) is 0 Å². The highest BCUT2D eigenvalue weighted by atomic mass is 16.7. The summed E-state index contributed by atoms with van der Waals surface area (Å²) < 4.78 is 10.8. The van der Waals surface area contributed by atoms with Gasteiger partial charge in [-0.2, -0.15) is 0 Å². The Bertz CT molecular complexity index is 342. The third kappa shape index (κ3) is 1.21. The lowest BCUT2D eigenvalue weighted by Crippen LogP contribution is -2.57. The molecule has 17 heavy (non-hydrogen) atoms. The van der Waals surface area contributed by atoms with Gasteiger partial charge in [0.25, 0.3) is 0 Å². The zero-order valence-electron chi connectivity index (χ0n) is 10.4. The van der Waals surface area contributed by atoms with Crippen LogP contribution < -0.4 is 0 Å². The normalized spacial score (nSPS) is 51.8. The molecule has 1 aliphatic carbocycles. The van der Waals surface area contributed by atoms with Crippen molar-refractivity contribution in [2.75, 3.05) is 6.61 Å². The molecule has 0 spiro atoms. The predicted molar refractivity (Wildman–Crippen MR) is 60.2 cm³/mol. The summed E-state index contributed by atoms with van der Waals surface area (Å²) in [6, 6.07) is 0. The second-order valence-electron chi connectivity index (χ2n) is 5.40. The maximum absolute atomic E-state index is 10.5. The highest BCUT2D eigenvalue weighted by Crippen LogP contribution is 2.70. The fourth-order valence-electron chi connectivity index (χ4n) is 2.99. The van der Waals surface area contributed by atoms with Crippen LogP contribution in [0, 0.1) is 5.41 Å². The minimum absolute atomic E-state index is 0.210.